The average molecular weight is 571 g/mol. The quantitative estimate of drug-likeness (QED) is 0.225. The summed E-state index contributed by atoms with van der Waals surface area (Å²) in [4.78, 5) is 0. The number of sulfonamides is 2. The zero-order valence-corrected chi connectivity index (χ0v) is 22.2. The van der Waals surface area contributed by atoms with Crippen LogP contribution in [0.1, 0.15) is 39.0 Å². The van der Waals surface area contributed by atoms with E-state index in [0.29, 0.717) is 0 Å². The normalized spacial score (nSPS) is 22.7. The van der Waals surface area contributed by atoms with Crippen LogP contribution in [0.3, 0.4) is 0 Å². The van der Waals surface area contributed by atoms with Crippen LogP contribution in [0, 0.1) is 5.92 Å². The van der Waals surface area contributed by atoms with Crippen molar-refractivity contribution < 1.29 is 60.9 Å². The SMILES string of the molecule is CCCCC1CCC[N+](C)(C[Si](OC)(OC)OC)C1.O=S(=O)([N-]S(=O)(=O)C(F)(F)F)C(F)(F)F. The second-order valence-corrected chi connectivity index (χ2v) is 14.4. The first-order valence-corrected chi connectivity index (χ1v) is 14.9. The van der Waals surface area contributed by atoms with Gasteiger partial charge in [0.15, 0.2) is 20.0 Å². The Morgan fingerprint density at radius 1 is 0.941 bits per heavy atom. The highest BCUT2D eigenvalue weighted by Gasteiger charge is 2.49. The molecule has 34 heavy (non-hydrogen) atoms. The third-order valence-corrected chi connectivity index (χ3v) is 11.0. The van der Waals surface area contributed by atoms with E-state index in [9.17, 15) is 43.2 Å². The fourth-order valence-corrected chi connectivity index (χ4v) is 7.38. The Bertz CT molecular complexity index is 786. The zero-order valence-electron chi connectivity index (χ0n) is 19.6. The first-order chi connectivity index (χ1) is 15.2. The van der Waals surface area contributed by atoms with E-state index >= 15 is 0 Å². The summed E-state index contributed by atoms with van der Waals surface area (Å²) in [6, 6.07) is 0. The fourth-order valence-electron chi connectivity index (χ4n) is 3.56. The standard InChI is InChI=1S/C14H32NO3Si.C2F6NO4S2/c1-6-7-9-14-10-8-11-15(2,12-14)13-19(16-3,17-4)18-5;3-1(4,5)14(10,11)9-15(12,13)2(6,7)8/h14H,6-13H2,1-5H3;/q+1;-1. The molecule has 0 aromatic rings. The van der Waals surface area contributed by atoms with Gasteiger partial charge in [-0.25, -0.2) is 16.8 Å². The third-order valence-electron chi connectivity index (χ3n) is 5.26. The van der Waals surface area contributed by atoms with Gasteiger partial charge < -0.3 is 21.9 Å². The van der Waals surface area contributed by atoms with Gasteiger partial charge in [-0.05, 0) is 19.3 Å². The number of quaternary nitrogens is 1. The number of piperidine rings is 1. The van der Waals surface area contributed by atoms with E-state index in [1.807, 2.05) is 0 Å². The van der Waals surface area contributed by atoms with Crippen molar-refractivity contribution in [3.63, 3.8) is 0 Å². The molecule has 2 atom stereocenters. The van der Waals surface area contributed by atoms with E-state index in [1.165, 1.54) is 45.2 Å². The lowest BCUT2D eigenvalue weighted by molar-refractivity contribution is -0.910. The molecule has 0 spiro atoms. The summed E-state index contributed by atoms with van der Waals surface area (Å²) < 4.78 is 127. The predicted molar refractivity (Wildman–Crippen MR) is 113 cm³/mol. The Labute approximate surface area is 197 Å². The molecule has 1 aliphatic heterocycles. The molecule has 0 aromatic heterocycles. The van der Waals surface area contributed by atoms with Gasteiger partial charge in [0.2, 0.25) is 0 Å². The van der Waals surface area contributed by atoms with Gasteiger partial charge in [0.05, 0.1) is 20.1 Å². The van der Waals surface area contributed by atoms with Crippen molar-refractivity contribution in [1.82, 2.24) is 0 Å². The monoisotopic (exact) mass is 570 g/mol. The number of unbranched alkanes of at least 4 members (excludes halogenated alkanes) is 1. The van der Waals surface area contributed by atoms with Crippen LogP contribution < -0.4 is 0 Å². The summed E-state index contributed by atoms with van der Waals surface area (Å²) in [7, 11) is -8.44. The summed E-state index contributed by atoms with van der Waals surface area (Å²) in [6.07, 6.45) is 7.60. The predicted octanol–water partition coefficient (Wildman–Crippen LogP) is 3.51. The van der Waals surface area contributed by atoms with E-state index in [2.05, 4.69) is 14.0 Å². The molecule has 1 saturated heterocycles. The Hall–Kier alpha value is -0.503. The lowest BCUT2D eigenvalue weighted by Crippen LogP contribution is -2.63. The van der Waals surface area contributed by atoms with E-state index in [-0.39, 0.29) is 0 Å². The highest BCUT2D eigenvalue weighted by atomic mass is 32.3. The maximum absolute atomic E-state index is 11.4. The summed E-state index contributed by atoms with van der Waals surface area (Å²) >= 11 is 0. The van der Waals surface area contributed by atoms with Gasteiger partial charge in [0.25, 0.3) is 0 Å². The second kappa shape index (κ2) is 12.6. The molecule has 0 bridgehead atoms. The number of likely N-dealkylation sites (tertiary alicyclic amines) is 1. The van der Waals surface area contributed by atoms with Crippen molar-refractivity contribution >= 4 is 28.9 Å². The molecule has 0 aliphatic carbocycles. The smallest absolute Gasteiger partial charge is 0.421 e. The molecular weight excluding hydrogens is 538 g/mol. The summed E-state index contributed by atoms with van der Waals surface area (Å²) in [5.74, 6) is 0.857. The number of alkyl halides is 6. The summed E-state index contributed by atoms with van der Waals surface area (Å²) in [6.45, 7) is 4.73. The molecular formula is C16H32F6N2O7S2Si. The van der Waals surface area contributed by atoms with Crippen molar-refractivity contribution in [3.05, 3.63) is 4.13 Å². The molecule has 18 heteroatoms. The largest absolute Gasteiger partial charge is 0.558 e. The van der Waals surface area contributed by atoms with Crippen molar-refractivity contribution in [3.8, 4) is 0 Å². The minimum absolute atomic E-state index is 0.778. The van der Waals surface area contributed by atoms with Crippen LogP contribution in [-0.4, -0.2) is 88.8 Å². The van der Waals surface area contributed by atoms with Crippen LogP contribution >= 0.6 is 0 Å². The van der Waals surface area contributed by atoms with Gasteiger partial charge in [-0.3, -0.25) is 0 Å². The number of halogens is 6. The average Bonchev–Trinajstić information content (AvgIpc) is 2.69. The number of nitrogens with zero attached hydrogens (tertiary/aromatic N) is 2. The van der Waals surface area contributed by atoms with Crippen molar-refractivity contribution in [2.24, 2.45) is 5.92 Å². The van der Waals surface area contributed by atoms with Crippen LogP contribution in [0.15, 0.2) is 0 Å². The van der Waals surface area contributed by atoms with Gasteiger partial charge in [-0.1, -0.05) is 19.8 Å². The van der Waals surface area contributed by atoms with Gasteiger partial charge in [-0.2, -0.15) is 26.3 Å². The molecule has 206 valence electrons. The third kappa shape index (κ3) is 9.86. The van der Waals surface area contributed by atoms with Gasteiger partial charge in [-0.15, -0.1) is 0 Å². The van der Waals surface area contributed by atoms with Crippen LogP contribution in [-0.2, 0) is 33.3 Å². The molecule has 9 nitrogen and oxygen atoms in total. The van der Waals surface area contributed by atoms with Crippen LogP contribution in [0.5, 0.6) is 0 Å². The van der Waals surface area contributed by atoms with Gasteiger partial charge >= 0.3 is 19.8 Å². The lowest BCUT2D eigenvalue weighted by Gasteiger charge is -2.44. The number of hydrogen-bond acceptors (Lipinski definition) is 7. The Morgan fingerprint density at radius 2 is 1.38 bits per heavy atom. The van der Waals surface area contributed by atoms with Crippen molar-refractivity contribution in [2.75, 3.05) is 47.6 Å². The first-order valence-electron chi connectivity index (χ1n) is 10.1. The second-order valence-electron chi connectivity index (χ2n) is 8.05. The van der Waals surface area contributed by atoms with E-state index in [4.69, 9.17) is 13.3 Å². The molecule has 1 rings (SSSR count). The van der Waals surface area contributed by atoms with Crippen LogP contribution in [0.2, 0.25) is 0 Å². The minimum atomic E-state index is -6.72. The molecule has 0 radical (unpaired) electrons. The van der Waals surface area contributed by atoms with Gasteiger partial charge in [0, 0.05) is 27.2 Å². The molecule has 0 aromatic carbocycles. The Morgan fingerprint density at radius 3 is 1.74 bits per heavy atom. The van der Waals surface area contributed by atoms with Crippen LogP contribution in [0.4, 0.5) is 26.3 Å². The molecule has 2 unspecified atom stereocenters. The van der Waals surface area contributed by atoms with Crippen molar-refractivity contribution in [2.45, 2.75) is 50.0 Å². The Balaban J connectivity index is 0.000000661. The molecule has 0 saturated carbocycles. The van der Waals surface area contributed by atoms with E-state index in [0.717, 1.165) is 20.7 Å². The Kier molecular flexibility index (Phi) is 12.5. The molecule has 1 aliphatic rings. The highest BCUT2D eigenvalue weighted by Crippen LogP contribution is 2.36. The number of hydrogen-bond donors (Lipinski definition) is 0. The van der Waals surface area contributed by atoms with E-state index in [1.54, 1.807) is 21.3 Å². The lowest BCUT2D eigenvalue weighted by atomic mass is 9.92. The summed E-state index contributed by atoms with van der Waals surface area (Å²) in [5.41, 5.74) is -12.4. The van der Waals surface area contributed by atoms with Crippen LogP contribution in [0.25, 0.3) is 4.13 Å². The molecule has 1 heterocycles. The number of rotatable bonds is 10. The first kappa shape index (κ1) is 33.5. The fraction of sp³-hybridized carbons (Fsp3) is 1.00. The topological polar surface area (TPSA) is 110 Å². The maximum Gasteiger partial charge on any atom is 0.558 e. The molecule has 0 amide bonds. The maximum atomic E-state index is 11.4. The zero-order chi connectivity index (χ0) is 27.1. The minimum Gasteiger partial charge on any atom is -0.421 e. The summed E-state index contributed by atoms with van der Waals surface area (Å²) in [5, 5.41) is 0. The van der Waals surface area contributed by atoms with E-state index < -0.39 is 39.9 Å². The highest BCUT2D eigenvalue weighted by molar-refractivity contribution is 8.13. The molecule has 1 fully saturated rings. The van der Waals surface area contributed by atoms with Gasteiger partial charge in [0.1, 0.15) is 6.17 Å². The van der Waals surface area contributed by atoms with Crippen molar-refractivity contribution in [1.29, 1.82) is 0 Å². The molecule has 0 N–H and O–H groups in total.